The number of hydrogen-bond acceptors (Lipinski definition) is 7. The summed E-state index contributed by atoms with van der Waals surface area (Å²) in [5, 5.41) is 6.55. The number of hydrogen-bond donors (Lipinski definition) is 2. The van der Waals surface area contributed by atoms with Crippen LogP contribution in [0.4, 0.5) is 33.3 Å². The van der Waals surface area contributed by atoms with E-state index in [0.717, 1.165) is 63.2 Å². The molecule has 0 amide bonds. The predicted octanol–water partition coefficient (Wildman–Crippen LogP) is 6.08. The number of benzene rings is 2. The Morgan fingerprint density at radius 3 is 2.43 bits per heavy atom. The third kappa shape index (κ3) is 5.13. The van der Waals surface area contributed by atoms with E-state index in [4.69, 9.17) is 9.97 Å². The molecule has 1 aliphatic heterocycles. The Bertz CT molecular complexity index is 1390. The van der Waals surface area contributed by atoms with Gasteiger partial charge in [0.05, 0.1) is 11.9 Å². The molecule has 1 saturated carbocycles. The minimum atomic E-state index is -0.340. The number of fused-ring (bicyclic) bond motifs is 1. The van der Waals surface area contributed by atoms with Crippen LogP contribution in [-0.4, -0.2) is 57.6 Å². The Labute approximate surface area is 224 Å². The van der Waals surface area contributed by atoms with Crippen molar-refractivity contribution in [3.63, 3.8) is 0 Å². The van der Waals surface area contributed by atoms with Crippen LogP contribution < -0.4 is 15.5 Å². The van der Waals surface area contributed by atoms with Gasteiger partial charge in [-0.25, -0.2) is 14.4 Å². The zero-order chi connectivity index (χ0) is 25.4. The van der Waals surface area contributed by atoms with E-state index in [2.05, 4.69) is 77.2 Å². The van der Waals surface area contributed by atoms with Crippen molar-refractivity contribution < 1.29 is 4.39 Å². The number of halogens is 2. The highest BCUT2D eigenvalue weighted by molar-refractivity contribution is 9.10. The second-order valence-corrected chi connectivity index (χ2v) is 10.8. The van der Waals surface area contributed by atoms with Crippen LogP contribution in [0, 0.1) is 5.82 Å². The van der Waals surface area contributed by atoms with Crippen LogP contribution >= 0.6 is 15.9 Å². The van der Waals surface area contributed by atoms with Crippen molar-refractivity contribution in [1.29, 1.82) is 0 Å². The van der Waals surface area contributed by atoms with Crippen molar-refractivity contribution >= 4 is 56.1 Å². The molecule has 4 aromatic rings. The number of anilines is 5. The fraction of sp³-hybridized carbons (Fsp3) is 0.370. The van der Waals surface area contributed by atoms with Crippen LogP contribution in [0.1, 0.15) is 31.7 Å². The molecule has 1 aliphatic carbocycles. The van der Waals surface area contributed by atoms with Gasteiger partial charge in [0, 0.05) is 48.1 Å². The molecular formula is C27H30BrFN8. The molecule has 10 heteroatoms. The van der Waals surface area contributed by atoms with Crippen molar-refractivity contribution in [2.45, 2.75) is 31.7 Å². The Hall–Kier alpha value is -3.24. The molecule has 2 aliphatic rings. The largest absolute Gasteiger partial charge is 0.369 e. The molecule has 0 spiro atoms. The number of nitrogens with one attached hydrogen (secondary N) is 2. The van der Waals surface area contributed by atoms with E-state index >= 15 is 0 Å². The van der Waals surface area contributed by atoms with Gasteiger partial charge < -0.3 is 20.4 Å². The molecule has 2 N–H and O–H groups in total. The van der Waals surface area contributed by atoms with E-state index in [9.17, 15) is 4.39 Å². The smallest absolute Gasteiger partial charge is 0.229 e. The SMILES string of the molecule is CN1CCN(c2ccc(Nc3ncc4nc(Nc5ccc(Br)cc5F)n(C5CCCC5)c4n3)cc2)CC1. The van der Waals surface area contributed by atoms with E-state index in [1.54, 1.807) is 12.3 Å². The number of nitrogens with zero attached hydrogens (tertiary/aromatic N) is 6. The number of piperazine rings is 1. The minimum absolute atomic E-state index is 0.261. The molecule has 37 heavy (non-hydrogen) atoms. The summed E-state index contributed by atoms with van der Waals surface area (Å²) in [6.45, 7) is 4.23. The highest BCUT2D eigenvalue weighted by atomic mass is 79.9. The van der Waals surface area contributed by atoms with Crippen molar-refractivity contribution in [1.82, 2.24) is 24.4 Å². The average molecular weight is 565 g/mol. The number of rotatable bonds is 6. The first-order valence-electron chi connectivity index (χ1n) is 12.8. The zero-order valence-corrected chi connectivity index (χ0v) is 22.4. The molecule has 6 rings (SSSR count). The van der Waals surface area contributed by atoms with Crippen molar-refractivity contribution in [2.24, 2.45) is 0 Å². The lowest BCUT2D eigenvalue weighted by molar-refractivity contribution is 0.313. The third-order valence-corrected chi connectivity index (χ3v) is 7.79. The molecule has 1 saturated heterocycles. The van der Waals surface area contributed by atoms with E-state index in [-0.39, 0.29) is 11.9 Å². The molecule has 8 nitrogen and oxygen atoms in total. The Balaban J connectivity index is 1.27. The number of likely N-dealkylation sites (N-methyl/N-ethyl adjacent to an activating group) is 1. The van der Waals surface area contributed by atoms with Crippen LogP contribution in [-0.2, 0) is 0 Å². The van der Waals surface area contributed by atoms with Gasteiger partial charge in [-0.2, -0.15) is 4.98 Å². The first kappa shape index (κ1) is 24.1. The van der Waals surface area contributed by atoms with Crippen LogP contribution in [0.25, 0.3) is 11.2 Å². The Morgan fingerprint density at radius 2 is 1.70 bits per heavy atom. The van der Waals surface area contributed by atoms with Gasteiger partial charge in [0.15, 0.2) is 5.65 Å². The van der Waals surface area contributed by atoms with Gasteiger partial charge in [-0.15, -0.1) is 0 Å². The van der Waals surface area contributed by atoms with E-state index in [1.807, 2.05) is 6.07 Å². The average Bonchev–Trinajstić information content (AvgIpc) is 3.54. The molecule has 0 radical (unpaired) electrons. The summed E-state index contributed by atoms with van der Waals surface area (Å²) in [4.78, 5) is 18.9. The standard InChI is InChI=1S/C27H30BrFN8/c1-35-12-14-36(15-13-35)20-9-7-19(8-10-20)31-26-30-17-24-25(34-26)37(21-4-2-3-5-21)27(33-24)32-23-11-6-18(28)16-22(23)29/h6-11,16-17,21H,2-5,12-15H2,1H3,(H,32,33)(H,30,31,34). The van der Waals surface area contributed by atoms with Crippen LogP contribution in [0.2, 0.25) is 0 Å². The van der Waals surface area contributed by atoms with E-state index < -0.39 is 0 Å². The van der Waals surface area contributed by atoms with Crippen molar-refractivity contribution in [3.8, 4) is 0 Å². The van der Waals surface area contributed by atoms with Gasteiger partial charge in [0.25, 0.3) is 0 Å². The fourth-order valence-electron chi connectivity index (χ4n) is 5.21. The number of imidazole rings is 1. The van der Waals surface area contributed by atoms with E-state index in [0.29, 0.717) is 27.6 Å². The highest BCUT2D eigenvalue weighted by Crippen LogP contribution is 2.36. The molecule has 0 unspecified atom stereocenters. The maximum absolute atomic E-state index is 14.6. The van der Waals surface area contributed by atoms with Gasteiger partial charge in [-0.1, -0.05) is 28.8 Å². The Morgan fingerprint density at radius 1 is 0.946 bits per heavy atom. The lowest BCUT2D eigenvalue weighted by Gasteiger charge is -2.34. The monoisotopic (exact) mass is 564 g/mol. The molecule has 2 fully saturated rings. The summed E-state index contributed by atoms with van der Waals surface area (Å²) in [7, 11) is 2.16. The molecular weight excluding hydrogens is 535 g/mol. The van der Waals surface area contributed by atoms with Crippen LogP contribution in [0.5, 0.6) is 0 Å². The topological polar surface area (TPSA) is 74.1 Å². The summed E-state index contributed by atoms with van der Waals surface area (Å²) in [6, 6.07) is 13.6. The maximum Gasteiger partial charge on any atom is 0.229 e. The summed E-state index contributed by atoms with van der Waals surface area (Å²) >= 11 is 3.32. The molecule has 3 heterocycles. The normalized spacial score (nSPS) is 17.0. The summed E-state index contributed by atoms with van der Waals surface area (Å²) in [6.07, 6.45) is 6.14. The molecule has 0 bridgehead atoms. The van der Waals surface area contributed by atoms with Crippen molar-refractivity contribution in [3.05, 3.63) is 59.0 Å². The van der Waals surface area contributed by atoms with Gasteiger partial charge in [-0.3, -0.25) is 4.57 Å². The summed E-state index contributed by atoms with van der Waals surface area (Å²) in [5.74, 6) is 0.763. The van der Waals surface area contributed by atoms with Gasteiger partial charge in [0.2, 0.25) is 11.9 Å². The maximum atomic E-state index is 14.6. The third-order valence-electron chi connectivity index (χ3n) is 7.29. The Kier molecular flexibility index (Phi) is 6.69. The van der Waals surface area contributed by atoms with Gasteiger partial charge in [-0.05, 0) is 62.4 Å². The first-order chi connectivity index (χ1) is 18.0. The summed E-state index contributed by atoms with van der Waals surface area (Å²) in [5.41, 5.74) is 3.97. The lowest BCUT2D eigenvalue weighted by Crippen LogP contribution is -2.44. The quantitative estimate of drug-likeness (QED) is 0.294. The molecule has 0 atom stereocenters. The lowest BCUT2D eigenvalue weighted by atomic mass is 10.2. The second kappa shape index (κ2) is 10.3. The predicted molar refractivity (Wildman–Crippen MR) is 150 cm³/mol. The van der Waals surface area contributed by atoms with Crippen molar-refractivity contribution in [2.75, 3.05) is 48.8 Å². The second-order valence-electron chi connectivity index (χ2n) is 9.86. The van der Waals surface area contributed by atoms with Crippen LogP contribution in [0.15, 0.2) is 53.1 Å². The number of aromatic nitrogens is 4. The van der Waals surface area contributed by atoms with Gasteiger partial charge in [0.1, 0.15) is 11.3 Å². The highest BCUT2D eigenvalue weighted by Gasteiger charge is 2.25. The minimum Gasteiger partial charge on any atom is -0.369 e. The fourth-order valence-corrected chi connectivity index (χ4v) is 5.54. The zero-order valence-electron chi connectivity index (χ0n) is 20.8. The molecule has 2 aromatic heterocycles. The summed E-state index contributed by atoms with van der Waals surface area (Å²) < 4.78 is 17.4. The first-order valence-corrected chi connectivity index (χ1v) is 13.6. The molecule has 2 aromatic carbocycles. The van der Waals surface area contributed by atoms with E-state index in [1.165, 1.54) is 11.8 Å². The molecule has 192 valence electrons. The van der Waals surface area contributed by atoms with Crippen LogP contribution in [0.3, 0.4) is 0 Å². The van der Waals surface area contributed by atoms with Gasteiger partial charge >= 0.3 is 0 Å².